The van der Waals surface area contributed by atoms with Gasteiger partial charge in [0.2, 0.25) is 0 Å². The van der Waals surface area contributed by atoms with Crippen LogP contribution in [0.15, 0.2) is 36.7 Å². The minimum atomic E-state index is -2.53. The highest BCUT2D eigenvalue weighted by molar-refractivity contribution is 5.29. The summed E-state index contributed by atoms with van der Waals surface area (Å²) < 4.78 is 27.0. The molecule has 0 N–H and O–H groups in total. The van der Waals surface area contributed by atoms with E-state index < -0.39 is 6.55 Å². The zero-order chi connectivity index (χ0) is 17.3. The normalized spacial score (nSPS) is 19.3. The zero-order valence-electron chi connectivity index (χ0n) is 14.5. The van der Waals surface area contributed by atoms with Crippen LogP contribution in [0.4, 0.5) is 8.78 Å². The molecule has 5 heteroatoms. The number of imidazole rings is 1. The molecule has 24 heavy (non-hydrogen) atoms. The molecule has 130 valence electrons. The summed E-state index contributed by atoms with van der Waals surface area (Å²) in [7, 11) is 0. The van der Waals surface area contributed by atoms with Crippen LogP contribution in [0.25, 0.3) is 0 Å². The molecule has 2 heterocycles. The van der Waals surface area contributed by atoms with Crippen molar-refractivity contribution in [2.45, 2.75) is 58.2 Å². The van der Waals surface area contributed by atoms with Gasteiger partial charge in [0.15, 0.2) is 0 Å². The van der Waals surface area contributed by atoms with Gasteiger partial charge in [0.05, 0.1) is 6.54 Å². The first kappa shape index (κ1) is 17.1. The average Bonchev–Trinajstić information content (AvgIpc) is 3.16. The fourth-order valence-electron chi connectivity index (χ4n) is 3.42. The molecule has 1 fully saturated rings. The smallest absolute Gasteiger partial charge is 0.289 e. The van der Waals surface area contributed by atoms with Gasteiger partial charge < -0.3 is 0 Å². The Kier molecular flexibility index (Phi) is 4.72. The number of alkyl halides is 2. The molecular formula is C19H25F2N3. The predicted octanol–water partition coefficient (Wildman–Crippen LogP) is 4.91. The summed E-state index contributed by atoms with van der Waals surface area (Å²) in [6.45, 7) is 5.45. The maximum atomic E-state index is 13.0. The van der Waals surface area contributed by atoms with E-state index >= 15 is 0 Å². The van der Waals surface area contributed by atoms with Gasteiger partial charge in [-0.25, -0.2) is 4.98 Å². The van der Waals surface area contributed by atoms with Crippen LogP contribution in [0.5, 0.6) is 0 Å². The molecule has 3 nitrogen and oxygen atoms in total. The summed E-state index contributed by atoms with van der Waals surface area (Å²) in [6.07, 6.45) is 4.94. The van der Waals surface area contributed by atoms with Crippen molar-refractivity contribution in [3.63, 3.8) is 0 Å². The van der Waals surface area contributed by atoms with Crippen LogP contribution in [0.2, 0.25) is 0 Å². The van der Waals surface area contributed by atoms with Crippen LogP contribution in [0.3, 0.4) is 0 Å². The van der Waals surface area contributed by atoms with Gasteiger partial charge >= 0.3 is 6.55 Å². The highest BCUT2D eigenvalue weighted by Gasteiger charge is 2.28. The third-order valence-electron chi connectivity index (χ3n) is 4.83. The summed E-state index contributed by atoms with van der Waals surface area (Å²) in [6, 6.07) is 9.02. The molecule has 1 aliphatic rings. The fourth-order valence-corrected chi connectivity index (χ4v) is 3.42. The van der Waals surface area contributed by atoms with E-state index in [0.717, 1.165) is 24.0 Å². The molecule has 1 aromatic heterocycles. The first-order chi connectivity index (χ1) is 11.4. The molecule has 0 radical (unpaired) electrons. The van der Waals surface area contributed by atoms with E-state index in [1.54, 1.807) is 0 Å². The van der Waals surface area contributed by atoms with Gasteiger partial charge in [-0.2, -0.15) is 8.78 Å². The Hall–Kier alpha value is -1.75. The van der Waals surface area contributed by atoms with Crippen LogP contribution in [-0.2, 0) is 12.0 Å². The second-order valence-corrected chi connectivity index (χ2v) is 7.53. The third kappa shape index (κ3) is 3.51. The van der Waals surface area contributed by atoms with E-state index in [-0.39, 0.29) is 11.5 Å². The van der Waals surface area contributed by atoms with Crippen LogP contribution in [-0.4, -0.2) is 21.0 Å². The van der Waals surface area contributed by atoms with Crippen LogP contribution in [0.1, 0.15) is 63.2 Å². The van der Waals surface area contributed by atoms with Gasteiger partial charge in [0, 0.05) is 18.4 Å². The Morgan fingerprint density at radius 1 is 1.21 bits per heavy atom. The average molecular weight is 333 g/mol. The lowest BCUT2D eigenvalue weighted by atomic mass is 9.86. The molecule has 1 atom stereocenters. The summed E-state index contributed by atoms with van der Waals surface area (Å²) in [4.78, 5) is 6.37. The largest absolute Gasteiger partial charge is 0.319 e. The lowest BCUT2D eigenvalue weighted by Crippen LogP contribution is -2.25. The predicted molar refractivity (Wildman–Crippen MR) is 91.0 cm³/mol. The first-order valence-electron chi connectivity index (χ1n) is 8.50. The summed E-state index contributed by atoms with van der Waals surface area (Å²) >= 11 is 0. The molecular weight excluding hydrogens is 308 g/mol. The second-order valence-electron chi connectivity index (χ2n) is 7.53. The zero-order valence-corrected chi connectivity index (χ0v) is 14.5. The van der Waals surface area contributed by atoms with E-state index in [1.807, 2.05) is 0 Å². The first-order valence-corrected chi connectivity index (χ1v) is 8.50. The van der Waals surface area contributed by atoms with Gasteiger partial charge in [-0.3, -0.25) is 9.47 Å². The van der Waals surface area contributed by atoms with Crippen molar-refractivity contribution >= 4 is 0 Å². The Balaban J connectivity index is 1.77. The molecule has 0 bridgehead atoms. The standard InChI is InChI=1S/C19H25F2N3/c1-19(2,3)15-8-6-14(7-9-15)16-5-4-11-23(16)13-17-22-10-12-24(17)18(20)21/h6-10,12,16,18H,4-5,11,13H2,1-3H3. The maximum Gasteiger partial charge on any atom is 0.319 e. The third-order valence-corrected chi connectivity index (χ3v) is 4.83. The van der Waals surface area contributed by atoms with Crippen LogP contribution >= 0.6 is 0 Å². The van der Waals surface area contributed by atoms with Gasteiger partial charge in [-0.05, 0) is 35.9 Å². The highest BCUT2D eigenvalue weighted by atomic mass is 19.3. The second kappa shape index (κ2) is 6.63. The van der Waals surface area contributed by atoms with E-state index in [1.165, 1.54) is 23.5 Å². The van der Waals surface area contributed by atoms with Gasteiger partial charge in [-0.15, -0.1) is 0 Å². The van der Waals surface area contributed by atoms with E-state index in [4.69, 9.17) is 0 Å². The van der Waals surface area contributed by atoms with Gasteiger partial charge in [-0.1, -0.05) is 45.0 Å². The van der Waals surface area contributed by atoms with Crippen molar-refractivity contribution in [2.75, 3.05) is 6.54 Å². The van der Waals surface area contributed by atoms with E-state index in [2.05, 4.69) is 54.9 Å². The Bertz CT molecular complexity index is 671. The number of benzene rings is 1. The van der Waals surface area contributed by atoms with E-state index in [9.17, 15) is 8.78 Å². The van der Waals surface area contributed by atoms with Gasteiger partial charge in [0.1, 0.15) is 5.82 Å². The Morgan fingerprint density at radius 3 is 2.54 bits per heavy atom. The van der Waals surface area contributed by atoms with Crippen LogP contribution in [0, 0.1) is 0 Å². The summed E-state index contributed by atoms with van der Waals surface area (Å²) in [5, 5.41) is 0. The Labute approximate surface area is 142 Å². The number of hydrogen-bond donors (Lipinski definition) is 0. The van der Waals surface area contributed by atoms with Crippen molar-refractivity contribution in [2.24, 2.45) is 0 Å². The van der Waals surface area contributed by atoms with Crippen molar-refractivity contribution in [1.82, 2.24) is 14.5 Å². The molecule has 1 saturated heterocycles. The molecule has 0 saturated carbocycles. The molecule has 2 aromatic rings. The fraction of sp³-hybridized carbons (Fsp3) is 0.526. The maximum absolute atomic E-state index is 13.0. The van der Waals surface area contributed by atoms with Gasteiger partial charge in [0.25, 0.3) is 0 Å². The minimum absolute atomic E-state index is 0.135. The summed E-state index contributed by atoms with van der Waals surface area (Å²) in [5.74, 6) is 0.434. The number of halogens is 2. The van der Waals surface area contributed by atoms with Crippen molar-refractivity contribution in [1.29, 1.82) is 0 Å². The topological polar surface area (TPSA) is 21.1 Å². The molecule has 1 aliphatic heterocycles. The minimum Gasteiger partial charge on any atom is -0.289 e. The number of nitrogens with zero attached hydrogens (tertiary/aromatic N) is 3. The number of likely N-dealkylation sites (tertiary alicyclic amines) is 1. The summed E-state index contributed by atoms with van der Waals surface area (Å²) in [5.41, 5.74) is 2.70. The van der Waals surface area contributed by atoms with E-state index in [0.29, 0.717) is 12.4 Å². The molecule has 1 unspecified atom stereocenters. The highest BCUT2D eigenvalue weighted by Crippen LogP contribution is 2.34. The Morgan fingerprint density at radius 2 is 1.92 bits per heavy atom. The lowest BCUT2D eigenvalue weighted by Gasteiger charge is -2.26. The molecule has 0 aliphatic carbocycles. The quantitative estimate of drug-likeness (QED) is 0.792. The molecule has 1 aromatic carbocycles. The SMILES string of the molecule is CC(C)(C)c1ccc(C2CCCN2Cc2nccn2C(F)F)cc1. The van der Waals surface area contributed by atoms with Crippen molar-refractivity contribution in [3.05, 3.63) is 53.6 Å². The molecule has 0 amide bonds. The monoisotopic (exact) mass is 333 g/mol. The lowest BCUT2D eigenvalue weighted by molar-refractivity contribution is 0.0634. The molecule has 3 rings (SSSR count). The molecule has 0 spiro atoms. The number of rotatable bonds is 4. The number of hydrogen-bond acceptors (Lipinski definition) is 2. The van der Waals surface area contributed by atoms with Crippen molar-refractivity contribution < 1.29 is 8.78 Å². The van der Waals surface area contributed by atoms with Crippen molar-refractivity contribution in [3.8, 4) is 0 Å². The number of aromatic nitrogens is 2. The van der Waals surface area contributed by atoms with Crippen LogP contribution < -0.4 is 0 Å².